The number of methoxy groups -OCH3 is 1. The molecule has 0 fully saturated rings. The SMILES string of the molecule is COc1ccc2c(c1)C(C)(CCCc1ccc(N(C)C)cc1)C(=O)N2CC(=O)N(C)C. The first-order valence-corrected chi connectivity index (χ1v) is 10.6. The fourth-order valence-electron chi connectivity index (χ4n) is 4.12. The average molecular weight is 424 g/mol. The van der Waals surface area contributed by atoms with Crippen molar-refractivity contribution in [1.82, 2.24) is 4.90 Å². The molecule has 1 aliphatic rings. The average Bonchev–Trinajstić information content (AvgIpc) is 2.95. The van der Waals surface area contributed by atoms with Crippen molar-refractivity contribution in [2.45, 2.75) is 31.6 Å². The van der Waals surface area contributed by atoms with E-state index < -0.39 is 5.41 Å². The fourth-order valence-corrected chi connectivity index (χ4v) is 4.12. The Hall–Kier alpha value is -3.02. The minimum atomic E-state index is -0.681. The van der Waals surface area contributed by atoms with Crippen molar-refractivity contribution in [3.8, 4) is 5.75 Å². The number of aryl methyl sites for hydroxylation is 1. The van der Waals surface area contributed by atoms with Crippen LogP contribution in [0.15, 0.2) is 42.5 Å². The maximum Gasteiger partial charge on any atom is 0.242 e. The monoisotopic (exact) mass is 423 g/mol. The van der Waals surface area contributed by atoms with Gasteiger partial charge in [-0.25, -0.2) is 0 Å². The number of hydrogen-bond donors (Lipinski definition) is 0. The van der Waals surface area contributed by atoms with Crippen LogP contribution in [0.4, 0.5) is 11.4 Å². The molecular formula is C25H33N3O3. The third kappa shape index (κ3) is 4.53. The van der Waals surface area contributed by atoms with E-state index in [0.717, 1.165) is 29.8 Å². The van der Waals surface area contributed by atoms with Crippen LogP contribution in [0.5, 0.6) is 5.75 Å². The van der Waals surface area contributed by atoms with E-state index in [9.17, 15) is 9.59 Å². The Morgan fingerprint density at radius 3 is 2.32 bits per heavy atom. The van der Waals surface area contributed by atoms with Crippen molar-refractivity contribution in [2.24, 2.45) is 0 Å². The number of likely N-dealkylation sites (N-methyl/N-ethyl adjacent to an activating group) is 1. The molecule has 31 heavy (non-hydrogen) atoms. The van der Waals surface area contributed by atoms with Gasteiger partial charge >= 0.3 is 0 Å². The number of hydrogen-bond acceptors (Lipinski definition) is 4. The Bertz CT molecular complexity index is 953. The summed E-state index contributed by atoms with van der Waals surface area (Å²) in [7, 11) is 9.10. The molecule has 1 unspecified atom stereocenters. The van der Waals surface area contributed by atoms with E-state index in [-0.39, 0.29) is 18.4 Å². The second kappa shape index (κ2) is 9.00. The van der Waals surface area contributed by atoms with E-state index in [1.165, 1.54) is 16.2 Å². The lowest BCUT2D eigenvalue weighted by atomic mass is 9.79. The predicted octanol–water partition coefficient (Wildman–Crippen LogP) is 3.48. The normalized spacial score (nSPS) is 17.5. The summed E-state index contributed by atoms with van der Waals surface area (Å²) in [4.78, 5) is 31.1. The molecule has 2 aromatic carbocycles. The second-order valence-electron chi connectivity index (χ2n) is 8.81. The number of amides is 2. The van der Waals surface area contributed by atoms with Crippen LogP contribution in [0.1, 0.15) is 30.9 Å². The molecule has 166 valence electrons. The molecule has 1 aliphatic heterocycles. The maximum atomic E-state index is 13.5. The van der Waals surface area contributed by atoms with E-state index in [4.69, 9.17) is 4.74 Å². The Kier molecular flexibility index (Phi) is 6.58. The molecule has 0 saturated carbocycles. The number of rotatable bonds is 8. The Labute approximate surface area is 185 Å². The van der Waals surface area contributed by atoms with E-state index in [0.29, 0.717) is 6.42 Å². The lowest BCUT2D eigenvalue weighted by molar-refractivity contribution is -0.130. The molecule has 6 nitrogen and oxygen atoms in total. The molecular weight excluding hydrogens is 390 g/mol. The lowest BCUT2D eigenvalue weighted by Gasteiger charge is -2.25. The molecule has 2 amide bonds. The smallest absolute Gasteiger partial charge is 0.242 e. The largest absolute Gasteiger partial charge is 0.497 e. The summed E-state index contributed by atoms with van der Waals surface area (Å²) in [6, 6.07) is 14.2. The summed E-state index contributed by atoms with van der Waals surface area (Å²) in [6.45, 7) is 2.04. The van der Waals surface area contributed by atoms with Gasteiger partial charge in [0, 0.05) is 39.6 Å². The van der Waals surface area contributed by atoms with E-state index in [1.54, 1.807) is 26.1 Å². The number of benzene rings is 2. The van der Waals surface area contributed by atoms with Crippen molar-refractivity contribution in [3.05, 3.63) is 53.6 Å². The van der Waals surface area contributed by atoms with Gasteiger partial charge in [-0.1, -0.05) is 12.1 Å². The number of nitrogens with zero attached hydrogens (tertiary/aromatic N) is 3. The van der Waals surface area contributed by atoms with E-state index in [1.807, 2.05) is 39.2 Å². The molecule has 0 radical (unpaired) electrons. The van der Waals surface area contributed by atoms with Crippen LogP contribution in [-0.4, -0.2) is 58.6 Å². The zero-order valence-corrected chi connectivity index (χ0v) is 19.4. The molecule has 0 aromatic heterocycles. The van der Waals surface area contributed by atoms with Crippen molar-refractivity contribution < 1.29 is 14.3 Å². The summed E-state index contributed by atoms with van der Waals surface area (Å²) >= 11 is 0. The highest BCUT2D eigenvalue weighted by molar-refractivity contribution is 6.10. The highest BCUT2D eigenvalue weighted by atomic mass is 16.5. The molecule has 0 N–H and O–H groups in total. The van der Waals surface area contributed by atoms with Crippen LogP contribution in [0.3, 0.4) is 0 Å². The zero-order chi connectivity index (χ0) is 22.8. The topological polar surface area (TPSA) is 53.1 Å². The van der Waals surface area contributed by atoms with E-state index in [2.05, 4.69) is 29.2 Å². The van der Waals surface area contributed by atoms with Crippen LogP contribution in [-0.2, 0) is 21.4 Å². The van der Waals surface area contributed by atoms with Gasteiger partial charge in [-0.2, -0.15) is 0 Å². The van der Waals surface area contributed by atoms with Crippen LogP contribution < -0.4 is 14.5 Å². The standard InChI is InChI=1S/C25H33N3O3/c1-25(15-7-8-18-9-11-19(12-10-18)26(2)3)21-16-20(31-6)13-14-22(21)28(24(25)30)17-23(29)27(4)5/h9-14,16H,7-8,15,17H2,1-6H3. The third-order valence-corrected chi connectivity index (χ3v) is 6.19. The quantitative estimate of drug-likeness (QED) is 0.652. The van der Waals surface area contributed by atoms with Crippen molar-refractivity contribution in [2.75, 3.05) is 51.6 Å². The first-order chi connectivity index (χ1) is 14.7. The molecule has 2 aromatic rings. The Balaban J connectivity index is 1.81. The molecule has 0 saturated heterocycles. The summed E-state index contributed by atoms with van der Waals surface area (Å²) in [5.41, 5.74) is 3.49. The van der Waals surface area contributed by atoms with Gasteiger partial charge in [0.15, 0.2) is 0 Å². The van der Waals surface area contributed by atoms with Crippen LogP contribution in [0.2, 0.25) is 0 Å². The fraction of sp³-hybridized carbons (Fsp3) is 0.440. The van der Waals surface area contributed by atoms with E-state index >= 15 is 0 Å². The molecule has 3 rings (SSSR count). The summed E-state index contributed by atoms with van der Waals surface area (Å²) in [5.74, 6) is 0.604. The minimum Gasteiger partial charge on any atom is -0.497 e. The number of anilines is 2. The minimum absolute atomic E-state index is 0.0195. The van der Waals surface area contributed by atoms with Gasteiger partial charge in [0.1, 0.15) is 12.3 Å². The van der Waals surface area contributed by atoms with Crippen LogP contribution in [0, 0.1) is 0 Å². The van der Waals surface area contributed by atoms with Gasteiger partial charge in [0.05, 0.1) is 12.5 Å². The molecule has 6 heteroatoms. The highest BCUT2D eigenvalue weighted by Crippen LogP contribution is 2.46. The van der Waals surface area contributed by atoms with Gasteiger partial charge in [-0.05, 0) is 67.6 Å². The Morgan fingerprint density at radius 1 is 1.06 bits per heavy atom. The maximum absolute atomic E-state index is 13.5. The summed E-state index contributed by atoms with van der Waals surface area (Å²) < 4.78 is 5.42. The van der Waals surface area contributed by atoms with Gasteiger partial charge in [0.25, 0.3) is 0 Å². The van der Waals surface area contributed by atoms with Crippen molar-refractivity contribution in [3.63, 3.8) is 0 Å². The number of carbonyl (C=O) groups is 2. The first-order valence-electron chi connectivity index (χ1n) is 10.6. The van der Waals surface area contributed by atoms with Crippen molar-refractivity contribution >= 4 is 23.2 Å². The molecule has 1 atom stereocenters. The summed E-state index contributed by atoms with van der Waals surface area (Å²) in [5, 5.41) is 0. The predicted molar refractivity (Wildman–Crippen MR) is 125 cm³/mol. The number of fused-ring (bicyclic) bond motifs is 1. The lowest BCUT2D eigenvalue weighted by Crippen LogP contribution is -2.43. The molecule has 0 aliphatic carbocycles. The second-order valence-corrected chi connectivity index (χ2v) is 8.81. The van der Waals surface area contributed by atoms with Gasteiger partial charge in [-0.15, -0.1) is 0 Å². The van der Waals surface area contributed by atoms with Gasteiger partial charge in [-0.3, -0.25) is 9.59 Å². The van der Waals surface area contributed by atoms with Crippen LogP contribution in [0.25, 0.3) is 0 Å². The molecule has 0 bridgehead atoms. The summed E-state index contributed by atoms with van der Waals surface area (Å²) in [6.07, 6.45) is 2.47. The van der Waals surface area contributed by atoms with Gasteiger partial charge in [0.2, 0.25) is 11.8 Å². The highest BCUT2D eigenvalue weighted by Gasteiger charge is 2.47. The number of carbonyl (C=O) groups excluding carboxylic acids is 2. The number of ether oxygens (including phenoxy) is 1. The van der Waals surface area contributed by atoms with Crippen molar-refractivity contribution in [1.29, 1.82) is 0 Å². The van der Waals surface area contributed by atoms with Gasteiger partial charge < -0.3 is 19.4 Å². The van der Waals surface area contributed by atoms with Crippen LogP contribution >= 0.6 is 0 Å². The zero-order valence-electron chi connectivity index (χ0n) is 19.4. The molecule has 1 heterocycles. The molecule has 0 spiro atoms. The Morgan fingerprint density at radius 2 is 1.74 bits per heavy atom. The third-order valence-electron chi connectivity index (χ3n) is 6.19. The first kappa shape index (κ1) is 22.7.